The molecule has 3 aliphatic heterocycles. The number of oxazole rings is 1. The number of ether oxygens (including phenoxy) is 3. The lowest BCUT2D eigenvalue weighted by atomic mass is 9.72. The van der Waals surface area contributed by atoms with Crippen LogP contribution in [0.2, 0.25) is 0 Å². The minimum Gasteiger partial charge on any atom is -0.469 e. The lowest BCUT2D eigenvalue weighted by molar-refractivity contribution is -0.145. The standard InChI is InChI=1S/C38H38BrN5O9/c1-18(2)27-34-43-30(33(47)42-28(19(3)45)35(48)50-4)31(53-34)38-22-11-8-12-24(39)29(22)44-36(38)52-26-14-13-21(15-23(26)38)16-25(32(46)41-27)40-37(49)51-17-20-9-6-5-7-10-20/h5-15,18-19,25,27-28,36,44-45H,16-17H2,1-4H3,(H,40,49)(H,41,46)(H,42,47)/t19-,25+,27+,28+,36?,38?/m1/s1. The molecule has 3 aliphatic rings. The second-order valence-corrected chi connectivity index (χ2v) is 14.4. The van der Waals surface area contributed by atoms with E-state index in [4.69, 9.17) is 23.6 Å². The summed E-state index contributed by atoms with van der Waals surface area (Å²) < 4.78 is 24.3. The highest BCUT2D eigenvalue weighted by Crippen LogP contribution is 2.59. The lowest BCUT2D eigenvalue weighted by Crippen LogP contribution is -2.49. The van der Waals surface area contributed by atoms with E-state index in [1.165, 1.54) is 6.92 Å². The Labute approximate surface area is 313 Å². The van der Waals surface area contributed by atoms with Crippen LogP contribution in [0.3, 0.4) is 0 Å². The topological polar surface area (TPSA) is 190 Å². The highest BCUT2D eigenvalue weighted by atomic mass is 79.9. The monoisotopic (exact) mass is 787 g/mol. The Morgan fingerprint density at radius 2 is 1.83 bits per heavy atom. The van der Waals surface area contributed by atoms with Crippen molar-refractivity contribution in [1.29, 1.82) is 0 Å². The van der Waals surface area contributed by atoms with Crippen LogP contribution in [0.1, 0.15) is 71.2 Å². The highest BCUT2D eigenvalue weighted by Gasteiger charge is 2.61. The number of hydrogen-bond acceptors (Lipinski definition) is 11. The Hall–Kier alpha value is -5.41. The number of aliphatic hydroxyl groups excluding tert-OH is 1. The van der Waals surface area contributed by atoms with Crippen LogP contribution in [0.25, 0.3) is 0 Å². The van der Waals surface area contributed by atoms with Crippen molar-refractivity contribution in [1.82, 2.24) is 20.9 Å². The fourth-order valence-corrected chi connectivity index (χ4v) is 7.59. The van der Waals surface area contributed by atoms with Gasteiger partial charge in [0.25, 0.3) is 5.91 Å². The van der Waals surface area contributed by atoms with E-state index in [1.807, 2.05) is 68.4 Å². The van der Waals surface area contributed by atoms with Gasteiger partial charge in [0.2, 0.25) is 11.8 Å². The van der Waals surface area contributed by atoms with Crippen LogP contribution in [0, 0.1) is 5.92 Å². The number of nitrogens with zero attached hydrogens (tertiary/aromatic N) is 1. The van der Waals surface area contributed by atoms with Crippen molar-refractivity contribution in [2.45, 2.75) is 69.7 Å². The molecule has 3 aromatic carbocycles. The van der Waals surface area contributed by atoms with E-state index in [0.29, 0.717) is 28.1 Å². The molecule has 1 spiro atoms. The van der Waals surface area contributed by atoms with Gasteiger partial charge in [-0.25, -0.2) is 14.6 Å². The number of benzene rings is 3. The maximum Gasteiger partial charge on any atom is 0.408 e. The lowest BCUT2D eigenvalue weighted by Gasteiger charge is -2.29. The van der Waals surface area contributed by atoms with E-state index in [-0.39, 0.29) is 36.3 Å². The van der Waals surface area contributed by atoms with E-state index in [9.17, 15) is 24.3 Å². The molecule has 0 radical (unpaired) electrons. The van der Waals surface area contributed by atoms with Crippen molar-refractivity contribution < 1.29 is 42.9 Å². The number of halogens is 1. The van der Waals surface area contributed by atoms with Gasteiger partial charge in [0.05, 0.1) is 18.9 Å². The van der Waals surface area contributed by atoms with Crippen LogP contribution < -0.4 is 26.0 Å². The minimum absolute atomic E-state index is 0.00678. The first kappa shape index (κ1) is 36.0. The molecule has 1 aromatic heterocycles. The smallest absolute Gasteiger partial charge is 0.408 e. The van der Waals surface area contributed by atoms with Gasteiger partial charge in [-0.1, -0.05) is 68.4 Å². The van der Waals surface area contributed by atoms with Gasteiger partial charge in [-0.2, -0.15) is 0 Å². The number of anilines is 1. The highest BCUT2D eigenvalue weighted by molar-refractivity contribution is 9.10. The van der Waals surface area contributed by atoms with Crippen molar-refractivity contribution >= 4 is 45.5 Å². The molecule has 3 amide bonds. The first-order chi connectivity index (χ1) is 25.4. The minimum atomic E-state index is -1.42. The fourth-order valence-electron chi connectivity index (χ4n) is 7.11. The van der Waals surface area contributed by atoms with E-state index in [0.717, 1.165) is 17.1 Å². The summed E-state index contributed by atoms with van der Waals surface area (Å²) in [6, 6.07) is 16.9. The number of hydrogen-bond donors (Lipinski definition) is 5. The number of rotatable bonds is 8. The Morgan fingerprint density at radius 1 is 1.06 bits per heavy atom. The van der Waals surface area contributed by atoms with Gasteiger partial charge in [0, 0.05) is 22.0 Å². The van der Waals surface area contributed by atoms with Crippen LogP contribution >= 0.6 is 15.9 Å². The number of nitrogens with one attached hydrogen (secondary N) is 4. The molecule has 2 unspecified atom stereocenters. The summed E-state index contributed by atoms with van der Waals surface area (Å²) in [5.41, 5.74) is 2.00. The molecule has 15 heteroatoms. The molecule has 4 heterocycles. The quantitative estimate of drug-likeness (QED) is 0.161. The van der Waals surface area contributed by atoms with Crippen LogP contribution in [0.5, 0.6) is 5.75 Å². The second kappa shape index (κ2) is 14.2. The number of fused-ring (bicyclic) bond motifs is 4. The Bertz CT molecular complexity index is 2090. The van der Waals surface area contributed by atoms with Gasteiger partial charge >= 0.3 is 12.1 Å². The third kappa shape index (κ3) is 6.37. The molecule has 4 aromatic rings. The summed E-state index contributed by atoms with van der Waals surface area (Å²) in [4.78, 5) is 58.9. The van der Waals surface area contributed by atoms with Crippen molar-refractivity contribution in [3.63, 3.8) is 0 Å². The van der Waals surface area contributed by atoms with Crippen LogP contribution in [-0.4, -0.2) is 65.5 Å². The number of esters is 1. The molecule has 5 N–H and O–H groups in total. The zero-order chi connectivity index (χ0) is 37.6. The molecule has 14 nitrogen and oxygen atoms in total. The number of amides is 3. The maximum absolute atomic E-state index is 14.3. The van der Waals surface area contributed by atoms with E-state index in [1.54, 1.807) is 12.1 Å². The van der Waals surface area contributed by atoms with Crippen LogP contribution in [-0.2, 0) is 37.5 Å². The zero-order valence-electron chi connectivity index (χ0n) is 29.3. The van der Waals surface area contributed by atoms with Gasteiger partial charge < -0.3 is 45.0 Å². The predicted molar refractivity (Wildman–Crippen MR) is 193 cm³/mol. The molecule has 7 rings (SSSR count). The first-order valence-electron chi connectivity index (χ1n) is 17.1. The molecule has 0 saturated heterocycles. The van der Waals surface area contributed by atoms with Crippen molar-refractivity contribution in [3.8, 4) is 5.75 Å². The van der Waals surface area contributed by atoms with Crippen molar-refractivity contribution in [2.24, 2.45) is 5.92 Å². The third-order valence-corrected chi connectivity index (χ3v) is 10.4. The molecular formula is C38H38BrN5O9. The summed E-state index contributed by atoms with van der Waals surface area (Å²) in [6.07, 6.45) is -2.83. The third-order valence-electron chi connectivity index (χ3n) is 9.75. The van der Waals surface area contributed by atoms with Gasteiger partial charge in [-0.05, 0) is 52.0 Å². The van der Waals surface area contributed by atoms with Gasteiger partial charge in [-0.15, -0.1) is 0 Å². The van der Waals surface area contributed by atoms with Gasteiger partial charge in [0.15, 0.2) is 23.7 Å². The van der Waals surface area contributed by atoms with E-state index in [2.05, 4.69) is 37.2 Å². The maximum atomic E-state index is 14.3. The van der Waals surface area contributed by atoms with E-state index >= 15 is 0 Å². The molecular weight excluding hydrogens is 750 g/mol. The fraction of sp³-hybridized carbons (Fsp3) is 0.342. The molecule has 0 aliphatic carbocycles. The molecule has 6 atom stereocenters. The summed E-state index contributed by atoms with van der Waals surface area (Å²) >= 11 is 3.65. The number of aliphatic hydroxyl groups is 1. The van der Waals surface area contributed by atoms with E-state index < -0.39 is 59.7 Å². The predicted octanol–water partition coefficient (Wildman–Crippen LogP) is 4.23. The zero-order valence-corrected chi connectivity index (χ0v) is 30.9. The summed E-state index contributed by atoms with van der Waals surface area (Å²) in [5, 5.41) is 22.2. The van der Waals surface area contributed by atoms with Gasteiger partial charge in [0.1, 0.15) is 29.9 Å². The van der Waals surface area contributed by atoms with Crippen molar-refractivity contribution in [3.05, 3.63) is 111 Å². The van der Waals surface area contributed by atoms with Crippen LogP contribution in [0.4, 0.5) is 10.5 Å². The Balaban J connectivity index is 1.38. The molecule has 276 valence electrons. The summed E-state index contributed by atoms with van der Waals surface area (Å²) in [6.45, 7) is 5.06. The Morgan fingerprint density at radius 3 is 2.55 bits per heavy atom. The van der Waals surface area contributed by atoms with Crippen LogP contribution in [0.15, 0.2) is 75.6 Å². The largest absolute Gasteiger partial charge is 0.469 e. The molecule has 0 fully saturated rings. The number of para-hydroxylation sites is 1. The number of carbonyl (C=O) groups is 4. The average molecular weight is 789 g/mol. The molecule has 4 bridgehead atoms. The summed E-state index contributed by atoms with van der Waals surface area (Å²) in [7, 11) is 1.15. The van der Waals surface area contributed by atoms with Crippen molar-refractivity contribution in [2.75, 3.05) is 12.4 Å². The Kier molecular flexibility index (Phi) is 9.63. The average Bonchev–Trinajstić information content (AvgIpc) is 3.81. The normalized spacial score (nSPS) is 22.0. The second-order valence-electron chi connectivity index (χ2n) is 13.6. The number of carbonyl (C=O) groups excluding carboxylic acids is 4. The number of aromatic nitrogens is 1. The number of methoxy groups -OCH3 is 1. The molecule has 53 heavy (non-hydrogen) atoms. The number of alkyl carbamates (subject to hydrolysis) is 1. The molecule has 0 saturated carbocycles. The first-order valence-corrected chi connectivity index (χ1v) is 17.9. The summed E-state index contributed by atoms with van der Waals surface area (Å²) in [5.74, 6) is -1.93. The SMILES string of the molecule is COC(=O)[C@@H](NC(=O)c1nc2oc1C13c4cc(ccc4OC1Nc1c(Br)cccc13)C[C@H](NC(=O)OCc1ccccc1)C(=O)N[C@H]2C(C)C)[C@@H](C)O. The van der Waals surface area contributed by atoms with Gasteiger partial charge in [-0.3, -0.25) is 9.59 Å².